The minimum Gasteiger partial charge on any atom is -0.381 e. The summed E-state index contributed by atoms with van der Waals surface area (Å²) in [5, 5.41) is 2.96. The predicted molar refractivity (Wildman–Crippen MR) is 67.9 cm³/mol. The first-order chi connectivity index (χ1) is 8.18. The smallest absolute Gasteiger partial charge is 0.194 e. The van der Waals surface area contributed by atoms with Crippen LogP contribution in [0.1, 0.15) is 13.3 Å². The molecular formula is C12H18N4O. The van der Waals surface area contributed by atoms with Gasteiger partial charge in [0.25, 0.3) is 0 Å². The molecule has 0 bridgehead atoms. The Labute approximate surface area is 101 Å². The molecule has 92 valence electrons. The topological polar surface area (TPSA) is 72.5 Å². The monoisotopic (exact) mass is 234 g/mol. The highest BCUT2D eigenvalue weighted by atomic mass is 16.5. The molecule has 2 rings (SSSR count). The lowest BCUT2D eigenvalue weighted by Gasteiger charge is -2.18. The lowest BCUT2D eigenvalue weighted by atomic mass is 9.90. The van der Waals surface area contributed by atoms with E-state index in [4.69, 9.17) is 10.5 Å². The van der Waals surface area contributed by atoms with Crippen molar-refractivity contribution < 1.29 is 4.74 Å². The molecule has 2 heterocycles. The molecule has 1 fully saturated rings. The van der Waals surface area contributed by atoms with Gasteiger partial charge >= 0.3 is 0 Å². The first-order valence-electron chi connectivity index (χ1n) is 5.74. The van der Waals surface area contributed by atoms with Crippen LogP contribution in [0.2, 0.25) is 0 Å². The van der Waals surface area contributed by atoms with E-state index in [0.29, 0.717) is 18.3 Å². The van der Waals surface area contributed by atoms with Crippen molar-refractivity contribution in [3.8, 4) is 0 Å². The molecule has 5 heteroatoms. The number of pyridine rings is 1. The Morgan fingerprint density at radius 3 is 3.18 bits per heavy atom. The van der Waals surface area contributed by atoms with E-state index in [1.165, 1.54) is 0 Å². The van der Waals surface area contributed by atoms with Gasteiger partial charge < -0.3 is 15.8 Å². The second-order valence-electron chi connectivity index (χ2n) is 4.65. The number of anilines is 1. The first-order valence-corrected chi connectivity index (χ1v) is 5.74. The van der Waals surface area contributed by atoms with Gasteiger partial charge in [0.05, 0.1) is 13.2 Å². The maximum absolute atomic E-state index is 5.80. The maximum atomic E-state index is 5.80. The number of hydrogen-bond donors (Lipinski definition) is 2. The minimum atomic E-state index is 0.121. The summed E-state index contributed by atoms with van der Waals surface area (Å²) < 4.78 is 5.37. The van der Waals surface area contributed by atoms with Gasteiger partial charge in [0.2, 0.25) is 0 Å². The quantitative estimate of drug-likeness (QED) is 0.609. The van der Waals surface area contributed by atoms with Gasteiger partial charge in [0, 0.05) is 18.2 Å². The normalized spacial score (nSPS) is 24.9. The fourth-order valence-corrected chi connectivity index (χ4v) is 1.72. The molecule has 17 heavy (non-hydrogen) atoms. The lowest BCUT2D eigenvalue weighted by Crippen LogP contribution is -2.27. The molecule has 0 radical (unpaired) electrons. The van der Waals surface area contributed by atoms with E-state index in [0.717, 1.165) is 19.6 Å². The number of nitrogens with zero attached hydrogens (tertiary/aromatic N) is 2. The number of hydrogen-bond acceptors (Lipinski definition) is 3. The lowest BCUT2D eigenvalue weighted by molar-refractivity contribution is 0.163. The van der Waals surface area contributed by atoms with Crippen molar-refractivity contribution in [2.45, 2.75) is 13.3 Å². The SMILES string of the molecule is CC1(CN=C(N)Nc2ccccn2)CCOC1. The van der Waals surface area contributed by atoms with E-state index in [2.05, 4.69) is 22.2 Å². The second kappa shape index (κ2) is 5.14. The minimum absolute atomic E-state index is 0.121. The third-order valence-corrected chi connectivity index (χ3v) is 2.85. The summed E-state index contributed by atoms with van der Waals surface area (Å²) in [6, 6.07) is 5.60. The summed E-state index contributed by atoms with van der Waals surface area (Å²) in [7, 11) is 0. The number of guanidine groups is 1. The Balaban J connectivity index is 1.89. The fourth-order valence-electron chi connectivity index (χ4n) is 1.72. The molecule has 0 aromatic carbocycles. The number of ether oxygens (including phenoxy) is 1. The summed E-state index contributed by atoms with van der Waals surface area (Å²) in [4.78, 5) is 8.46. The van der Waals surface area contributed by atoms with Gasteiger partial charge in [-0.1, -0.05) is 13.0 Å². The molecule has 0 saturated carbocycles. The molecule has 1 atom stereocenters. The molecule has 0 spiro atoms. The molecule has 0 amide bonds. The number of rotatable bonds is 3. The Morgan fingerprint density at radius 1 is 1.65 bits per heavy atom. The highest BCUT2D eigenvalue weighted by Gasteiger charge is 2.29. The molecule has 0 aliphatic carbocycles. The first kappa shape index (κ1) is 11.9. The number of aromatic nitrogens is 1. The van der Waals surface area contributed by atoms with Gasteiger partial charge in [0.1, 0.15) is 5.82 Å². The Kier molecular flexibility index (Phi) is 3.58. The molecule has 1 aromatic rings. The largest absolute Gasteiger partial charge is 0.381 e. The van der Waals surface area contributed by atoms with Crippen LogP contribution in [0.4, 0.5) is 5.82 Å². The van der Waals surface area contributed by atoms with E-state index in [-0.39, 0.29) is 5.41 Å². The zero-order chi connectivity index (χ0) is 12.1. The standard InChI is InChI=1S/C12H18N4O/c1-12(5-7-17-9-12)8-15-11(13)16-10-4-2-3-6-14-10/h2-4,6H,5,7-9H2,1H3,(H3,13,14,15,16). The Morgan fingerprint density at radius 2 is 2.53 bits per heavy atom. The van der Waals surface area contributed by atoms with Crippen molar-refractivity contribution in [3.63, 3.8) is 0 Å². The zero-order valence-corrected chi connectivity index (χ0v) is 10.0. The van der Waals surface area contributed by atoms with E-state index in [9.17, 15) is 0 Å². The van der Waals surface area contributed by atoms with Gasteiger partial charge in [-0.15, -0.1) is 0 Å². The molecular weight excluding hydrogens is 216 g/mol. The average Bonchev–Trinajstić information content (AvgIpc) is 2.76. The van der Waals surface area contributed by atoms with Crippen LogP contribution in [0.3, 0.4) is 0 Å². The molecule has 1 aliphatic rings. The van der Waals surface area contributed by atoms with E-state index in [1.54, 1.807) is 6.20 Å². The third-order valence-electron chi connectivity index (χ3n) is 2.85. The van der Waals surface area contributed by atoms with E-state index < -0.39 is 0 Å². The van der Waals surface area contributed by atoms with Gasteiger partial charge in [-0.3, -0.25) is 4.99 Å². The van der Waals surface area contributed by atoms with Crippen LogP contribution in [0.15, 0.2) is 29.4 Å². The van der Waals surface area contributed by atoms with Gasteiger partial charge in [0.15, 0.2) is 5.96 Å². The summed E-state index contributed by atoms with van der Waals surface area (Å²) in [6.45, 7) is 4.42. The number of nitrogens with two attached hydrogens (primary N) is 1. The molecule has 1 unspecified atom stereocenters. The van der Waals surface area contributed by atoms with E-state index in [1.807, 2.05) is 18.2 Å². The van der Waals surface area contributed by atoms with Crippen molar-refractivity contribution in [2.24, 2.45) is 16.1 Å². The Bertz CT molecular complexity index is 385. The molecule has 5 nitrogen and oxygen atoms in total. The molecule has 1 saturated heterocycles. The van der Waals surface area contributed by atoms with Gasteiger partial charge in [-0.25, -0.2) is 4.98 Å². The van der Waals surface area contributed by atoms with Crippen molar-refractivity contribution in [1.82, 2.24) is 4.98 Å². The third kappa shape index (κ3) is 3.42. The van der Waals surface area contributed by atoms with Crippen LogP contribution in [0.5, 0.6) is 0 Å². The number of aliphatic imine (C=N–C) groups is 1. The van der Waals surface area contributed by atoms with Crippen molar-refractivity contribution in [1.29, 1.82) is 0 Å². The molecule has 1 aromatic heterocycles. The van der Waals surface area contributed by atoms with Crippen molar-refractivity contribution in [3.05, 3.63) is 24.4 Å². The highest BCUT2D eigenvalue weighted by Crippen LogP contribution is 2.27. The predicted octanol–water partition coefficient (Wildman–Crippen LogP) is 1.23. The van der Waals surface area contributed by atoms with Crippen LogP contribution in [-0.4, -0.2) is 30.7 Å². The second-order valence-corrected chi connectivity index (χ2v) is 4.65. The zero-order valence-electron chi connectivity index (χ0n) is 10.0. The van der Waals surface area contributed by atoms with Crippen LogP contribution in [-0.2, 0) is 4.74 Å². The van der Waals surface area contributed by atoms with Crippen LogP contribution in [0, 0.1) is 5.41 Å². The summed E-state index contributed by atoms with van der Waals surface area (Å²) >= 11 is 0. The summed E-state index contributed by atoms with van der Waals surface area (Å²) in [6.07, 6.45) is 2.75. The summed E-state index contributed by atoms with van der Waals surface area (Å²) in [5.74, 6) is 1.11. The van der Waals surface area contributed by atoms with Crippen LogP contribution in [0.25, 0.3) is 0 Å². The van der Waals surface area contributed by atoms with Crippen LogP contribution < -0.4 is 11.1 Å². The van der Waals surface area contributed by atoms with Gasteiger partial charge in [-0.2, -0.15) is 0 Å². The highest BCUT2D eigenvalue weighted by molar-refractivity contribution is 5.91. The maximum Gasteiger partial charge on any atom is 0.194 e. The van der Waals surface area contributed by atoms with E-state index >= 15 is 0 Å². The van der Waals surface area contributed by atoms with Crippen molar-refractivity contribution in [2.75, 3.05) is 25.1 Å². The van der Waals surface area contributed by atoms with Gasteiger partial charge in [-0.05, 0) is 18.6 Å². The summed E-state index contributed by atoms with van der Waals surface area (Å²) in [5.41, 5.74) is 5.92. The van der Waals surface area contributed by atoms with Crippen LogP contribution >= 0.6 is 0 Å². The molecule has 1 aliphatic heterocycles. The fraction of sp³-hybridized carbons (Fsp3) is 0.500. The average molecular weight is 234 g/mol. The Hall–Kier alpha value is -1.62. The van der Waals surface area contributed by atoms with Crippen molar-refractivity contribution >= 4 is 11.8 Å². The molecule has 3 N–H and O–H groups in total. The number of nitrogens with one attached hydrogen (secondary N) is 1.